The molecule has 0 aromatic rings. The van der Waals surface area contributed by atoms with Crippen LogP contribution in [0.1, 0.15) is 6.42 Å². The van der Waals surface area contributed by atoms with Crippen molar-refractivity contribution < 1.29 is 4.74 Å². The first-order chi connectivity index (χ1) is 6.61. The molecular formula is C10H23N3O. The van der Waals surface area contributed by atoms with Crippen LogP contribution >= 0.6 is 0 Å². The maximum absolute atomic E-state index is 6.05. The molecule has 1 fully saturated rings. The highest BCUT2D eigenvalue weighted by atomic mass is 16.5. The normalized spacial score (nSPS) is 28.7. The Labute approximate surface area is 87.0 Å². The van der Waals surface area contributed by atoms with Crippen LogP contribution in [-0.4, -0.2) is 69.3 Å². The van der Waals surface area contributed by atoms with E-state index in [2.05, 4.69) is 30.9 Å². The summed E-state index contributed by atoms with van der Waals surface area (Å²) in [6.45, 7) is 3.72. The summed E-state index contributed by atoms with van der Waals surface area (Å²) in [5.41, 5.74) is 6.05. The standard InChI is InChI=1S/C10H23N3O/c1-12(2)5-6-13(3)10-8-14-7-4-9(10)11/h9-10H,4-8,11H2,1-3H3. The molecule has 4 heteroatoms. The van der Waals surface area contributed by atoms with E-state index in [1.54, 1.807) is 0 Å². The lowest BCUT2D eigenvalue weighted by molar-refractivity contribution is 0.0138. The third-order valence-corrected chi connectivity index (χ3v) is 2.84. The van der Waals surface area contributed by atoms with Gasteiger partial charge in [0.05, 0.1) is 6.61 Å². The van der Waals surface area contributed by atoms with Crippen molar-refractivity contribution in [1.82, 2.24) is 9.80 Å². The lowest BCUT2D eigenvalue weighted by Crippen LogP contribution is -2.53. The van der Waals surface area contributed by atoms with Crippen LogP contribution in [0.25, 0.3) is 0 Å². The van der Waals surface area contributed by atoms with Crippen molar-refractivity contribution in [2.24, 2.45) is 5.73 Å². The zero-order chi connectivity index (χ0) is 10.6. The van der Waals surface area contributed by atoms with E-state index in [0.717, 1.165) is 32.7 Å². The monoisotopic (exact) mass is 201 g/mol. The molecule has 0 saturated carbocycles. The van der Waals surface area contributed by atoms with Crippen LogP contribution in [0.15, 0.2) is 0 Å². The van der Waals surface area contributed by atoms with Crippen molar-refractivity contribution in [2.75, 3.05) is 47.4 Å². The summed E-state index contributed by atoms with van der Waals surface area (Å²) < 4.78 is 5.45. The highest BCUT2D eigenvalue weighted by molar-refractivity contribution is 4.83. The van der Waals surface area contributed by atoms with Crippen molar-refractivity contribution in [1.29, 1.82) is 0 Å². The minimum absolute atomic E-state index is 0.274. The maximum Gasteiger partial charge on any atom is 0.0636 e. The van der Waals surface area contributed by atoms with Crippen LogP contribution in [0.5, 0.6) is 0 Å². The summed E-state index contributed by atoms with van der Waals surface area (Å²) in [7, 11) is 6.30. The Morgan fingerprint density at radius 1 is 1.29 bits per heavy atom. The third-order valence-electron chi connectivity index (χ3n) is 2.84. The van der Waals surface area contributed by atoms with Crippen LogP contribution in [0, 0.1) is 0 Å². The van der Waals surface area contributed by atoms with Gasteiger partial charge in [0.2, 0.25) is 0 Å². The fourth-order valence-electron chi connectivity index (χ4n) is 1.72. The average molecular weight is 201 g/mol. The molecule has 0 amide bonds. The molecule has 2 unspecified atom stereocenters. The van der Waals surface area contributed by atoms with Gasteiger partial charge < -0.3 is 15.4 Å². The van der Waals surface area contributed by atoms with E-state index in [4.69, 9.17) is 10.5 Å². The topological polar surface area (TPSA) is 41.7 Å². The van der Waals surface area contributed by atoms with Crippen LogP contribution in [-0.2, 0) is 4.74 Å². The van der Waals surface area contributed by atoms with Gasteiger partial charge in [0.15, 0.2) is 0 Å². The molecule has 14 heavy (non-hydrogen) atoms. The number of hydrogen-bond acceptors (Lipinski definition) is 4. The van der Waals surface area contributed by atoms with Gasteiger partial charge in [-0.2, -0.15) is 0 Å². The molecule has 1 aliphatic heterocycles. The van der Waals surface area contributed by atoms with Crippen molar-refractivity contribution in [3.63, 3.8) is 0 Å². The lowest BCUT2D eigenvalue weighted by Gasteiger charge is -2.36. The summed E-state index contributed by atoms with van der Waals surface area (Å²) in [6, 6.07) is 0.666. The minimum Gasteiger partial charge on any atom is -0.380 e. The zero-order valence-corrected chi connectivity index (χ0v) is 9.57. The van der Waals surface area contributed by atoms with E-state index >= 15 is 0 Å². The average Bonchev–Trinajstić information content (AvgIpc) is 2.15. The molecule has 0 radical (unpaired) electrons. The predicted octanol–water partition coefficient (Wildman–Crippen LogP) is -0.404. The first-order valence-electron chi connectivity index (χ1n) is 5.29. The van der Waals surface area contributed by atoms with Gasteiger partial charge in [-0.3, -0.25) is 4.90 Å². The largest absolute Gasteiger partial charge is 0.380 e. The first-order valence-corrected chi connectivity index (χ1v) is 5.29. The SMILES string of the molecule is CN(C)CCN(C)C1COCCC1N. The maximum atomic E-state index is 6.05. The predicted molar refractivity (Wildman–Crippen MR) is 58.4 cm³/mol. The van der Waals surface area contributed by atoms with Gasteiger partial charge in [-0.1, -0.05) is 0 Å². The quantitative estimate of drug-likeness (QED) is 0.672. The molecule has 2 atom stereocenters. The number of nitrogens with two attached hydrogens (primary N) is 1. The van der Waals surface area contributed by atoms with E-state index in [1.807, 2.05) is 0 Å². The number of likely N-dealkylation sites (N-methyl/N-ethyl adjacent to an activating group) is 2. The van der Waals surface area contributed by atoms with E-state index in [-0.39, 0.29) is 6.04 Å². The Hall–Kier alpha value is -0.160. The molecule has 1 rings (SSSR count). The zero-order valence-electron chi connectivity index (χ0n) is 9.57. The molecule has 0 aromatic carbocycles. The second-order valence-electron chi connectivity index (χ2n) is 4.38. The fourth-order valence-corrected chi connectivity index (χ4v) is 1.72. The fraction of sp³-hybridized carbons (Fsp3) is 1.00. The Morgan fingerprint density at radius 2 is 2.00 bits per heavy atom. The summed E-state index contributed by atoms with van der Waals surface area (Å²) >= 11 is 0. The molecule has 1 aliphatic rings. The number of hydrogen-bond donors (Lipinski definition) is 1. The van der Waals surface area contributed by atoms with Crippen molar-refractivity contribution in [3.05, 3.63) is 0 Å². The first kappa shape index (κ1) is 11.9. The van der Waals surface area contributed by atoms with Gasteiger partial charge in [-0.05, 0) is 27.6 Å². The summed E-state index contributed by atoms with van der Waals surface area (Å²) in [5.74, 6) is 0. The highest BCUT2D eigenvalue weighted by Gasteiger charge is 2.25. The lowest BCUT2D eigenvalue weighted by atomic mass is 10.0. The van der Waals surface area contributed by atoms with Crippen LogP contribution < -0.4 is 5.73 Å². The molecule has 0 spiro atoms. The van der Waals surface area contributed by atoms with Gasteiger partial charge in [-0.15, -0.1) is 0 Å². The Bertz CT molecular complexity index is 163. The van der Waals surface area contributed by atoms with E-state index in [1.165, 1.54) is 0 Å². The second-order valence-corrected chi connectivity index (χ2v) is 4.38. The molecule has 1 heterocycles. The second kappa shape index (κ2) is 5.66. The summed E-state index contributed by atoms with van der Waals surface area (Å²) in [6.07, 6.45) is 0.983. The van der Waals surface area contributed by atoms with Crippen LogP contribution in [0.3, 0.4) is 0 Å². The Balaban J connectivity index is 2.30. The molecule has 2 N–H and O–H groups in total. The summed E-state index contributed by atoms with van der Waals surface area (Å²) in [4.78, 5) is 4.50. The minimum atomic E-state index is 0.274. The van der Waals surface area contributed by atoms with Crippen LogP contribution in [0.4, 0.5) is 0 Å². The van der Waals surface area contributed by atoms with Crippen LogP contribution in [0.2, 0.25) is 0 Å². The molecule has 0 aromatic heterocycles. The van der Waals surface area contributed by atoms with Crippen molar-refractivity contribution in [3.8, 4) is 0 Å². The van der Waals surface area contributed by atoms with E-state index < -0.39 is 0 Å². The molecule has 4 nitrogen and oxygen atoms in total. The van der Waals surface area contributed by atoms with Gasteiger partial charge >= 0.3 is 0 Å². The molecule has 84 valence electrons. The molecular weight excluding hydrogens is 178 g/mol. The number of ether oxygens (including phenoxy) is 1. The highest BCUT2D eigenvalue weighted by Crippen LogP contribution is 2.10. The Morgan fingerprint density at radius 3 is 2.57 bits per heavy atom. The van der Waals surface area contributed by atoms with Gasteiger partial charge in [0.25, 0.3) is 0 Å². The van der Waals surface area contributed by atoms with E-state index in [0.29, 0.717) is 6.04 Å². The Kier molecular flexibility index (Phi) is 4.81. The summed E-state index contributed by atoms with van der Waals surface area (Å²) in [5, 5.41) is 0. The molecule has 0 aliphatic carbocycles. The molecule has 0 bridgehead atoms. The van der Waals surface area contributed by atoms with Gasteiger partial charge in [-0.25, -0.2) is 0 Å². The number of nitrogens with zero attached hydrogens (tertiary/aromatic N) is 2. The third kappa shape index (κ3) is 3.53. The number of rotatable bonds is 4. The van der Waals surface area contributed by atoms with Gasteiger partial charge in [0, 0.05) is 31.8 Å². The molecule has 1 saturated heterocycles. The van der Waals surface area contributed by atoms with E-state index in [9.17, 15) is 0 Å². The van der Waals surface area contributed by atoms with Crippen molar-refractivity contribution in [2.45, 2.75) is 18.5 Å². The smallest absolute Gasteiger partial charge is 0.0636 e. The van der Waals surface area contributed by atoms with Gasteiger partial charge in [0.1, 0.15) is 0 Å². The van der Waals surface area contributed by atoms with Crippen molar-refractivity contribution >= 4 is 0 Å².